The highest BCUT2D eigenvalue weighted by atomic mass is 32.2. The molecule has 1 aliphatic rings. The van der Waals surface area contributed by atoms with Crippen molar-refractivity contribution >= 4 is 28.4 Å². The maximum Gasteiger partial charge on any atom is 0.219 e. The van der Waals surface area contributed by atoms with Crippen LogP contribution in [-0.2, 0) is 4.74 Å². The van der Waals surface area contributed by atoms with Gasteiger partial charge in [0.1, 0.15) is 0 Å². The van der Waals surface area contributed by atoms with Crippen molar-refractivity contribution in [3.05, 3.63) is 24.3 Å². The van der Waals surface area contributed by atoms with Crippen molar-refractivity contribution in [1.29, 1.82) is 0 Å². The zero-order valence-corrected chi connectivity index (χ0v) is 10.1. The molecule has 1 atom stereocenters. The number of allylic oxidation sites excluding steroid dienone is 3. The van der Waals surface area contributed by atoms with Crippen molar-refractivity contribution < 1.29 is 4.74 Å². The number of thioether (sulfide) groups is 1. The number of rotatable bonds is 2. The Labute approximate surface area is 95.6 Å². The van der Waals surface area contributed by atoms with Gasteiger partial charge >= 0.3 is 0 Å². The molecule has 0 fully saturated rings. The lowest BCUT2D eigenvalue weighted by Crippen LogP contribution is -2.09. The summed E-state index contributed by atoms with van der Waals surface area (Å²) in [6, 6.07) is 0. The van der Waals surface area contributed by atoms with Crippen LogP contribution in [0.5, 0.6) is 0 Å². The normalized spacial score (nSPS) is 25.9. The van der Waals surface area contributed by atoms with E-state index >= 15 is 0 Å². The van der Waals surface area contributed by atoms with E-state index in [1.807, 2.05) is 6.26 Å². The summed E-state index contributed by atoms with van der Waals surface area (Å²) in [4.78, 5) is 0. The lowest BCUT2D eigenvalue weighted by molar-refractivity contribution is 0.270. The van der Waals surface area contributed by atoms with Gasteiger partial charge in [-0.2, -0.15) is 0 Å². The molecule has 0 saturated carbocycles. The van der Waals surface area contributed by atoms with E-state index < -0.39 is 0 Å². The Morgan fingerprint density at radius 2 is 2.36 bits per heavy atom. The first-order valence-corrected chi connectivity index (χ1v) is 6.48. The maximum absolute atomic E-state index is 5.45. The highest BCUT2D eigenvalue weighted by Crippen LogP contribution is 2.14. The maximum atomic E-state index is 5.45. The van der Waals surface area contributed by atoms with Gasteiger partial charge in [0.15, 0.2) is 0 Å². The van der Waals surface area contributed by atoms with E-state index in [9.17, 15) is 0 Å². The molecule has 14 heavy (non-hydrogen) atoms. The minimum Gasteiger partial charge on any atom is -0.478 e. The Balaban J connectivity index is 2.29. The fourth-order valence-electron chi connectivity index (χ4n) is 1.34. The average Bonchev–Trinajstić information content (AvgIpc) is 2.15. The number of hydrogen-bond donors (Lipinski definition) is 0. The van der Waals surface area contributed by atoms with Crippen molar-refractivity contribution in [2.45, 2.75) is 19.3 Å². The SMILES string of the molecule is CSC(=S)OCC1/C=C\C/C=C\CC1. The Bertz CT molecular complexity index is 233. The van der Waals surface area contributed by atoms with Crippen LogP contribution in [0.1, 0.15) is 19.3 Å². The van der Waals surface area contributed by atoms with E-state index in [1.54, 1.807) is 0 Å². The van der Waals surface area contributed by atoms with Crippen LogP contribution in [0.25, 0.3) is 0 Å². The third kappa shape index (κ3) is 4.82. The largest absolute Gasteiger partial charge is 0.478 e. The Morgan fingerprint density at radius 3 is 3.14 bits per heavy atom. The highest BCUT2D eigenvalue weighted by Gasteiger charge is 2.06. The first-order valence-electron chi connectivity index (χ1n) is 4.85. The molecule has 0 aromatic carbocycles. The Hall–Kier alpha value is -0.280. The molecule has 0 N–H and O–H groups in total. The van der Waals surface area contributed by atoms with Crippen molar-refractivity contribution in [1.82, 2.24) is 0 Å². The Morgan fingerprint density at radius 1 is 1.50 bits per heavy atom. The van der Waals surface area contributed by atoms with E-state index in [-0.39, 0.29) is 0 Å². The smallest absolute Gasteiger partial charge is 0.219 e. The quantitative estimate of drug-likeness (QED) is 0.528. The summed E-state index contributed by atoms with van der Waals surface area (Å²) in [5, 5.41) is 0. The van der Waals surface area contributed by atoms with E-state index in [0.717, 1.165) is 25.9 Å². The summed E-state index contributed by atoms with van der Waals surface area (Å²) in [6.45, 7) is 0.726. The van der Waals surface area contributed by atoms with Crippen LogP contribution < -0.4 is 0 Å². The first-order chi connectivity index (χ1) is 6.83. The van der Waals surface area contributed by atoms with Crippen LogP contribution in [0.15, 0.2) is 24.3 Å². The molecular formula is C11H16OS2. The molecule has 1 aliphatic carbocycles. The molecule has 0 heterocycles. The van der Waals surface area contributed by atoms with Crippen molar-refractivity contribution in [3.8, 4) is 0 Å². The number of hydrogen-bond acceptors (Lipinski definition) is 3. The van der Waals surface area contributed by atoms with Gasteiger partial charge in [0.05, 0.1) is 6.61 Å². The molecule has 0 saturated heterocycles. The van der Waals surface area contributed by atoms with Gasteiger partial charge < -0.3 is 4.74 Å². The molecule has 0 aliphatic heterocycles. The first kappa shape index (κ1) is 11.8. The average molecular weight is 228 g/mol. The summed E-state index contributed by atoms with van der Waals surface area (Å²) >= 11 is 6.48. The predicted octanol–water partition coefficient (Wildman–Crippen LogP) is 3.56. The minimum absolute atomic E-state index is 0.519. The molecule has 3 heteroatoms. The monoisotopic (exact) mass is 228 g/mol. The van der Waals surface area contributed by atoms with E-state index in [1.165, 1.54) is 11.8 Å². The van der Waals surface area contributed by atoms with Gasteiger partial charge in [-0.25, -0.2) is 0 Å². The number of thiocarbonyl (C=S) groups is 1. The third-order valence-electron chi connectivity index (χ3n) is 2.13. The fourth-order valence-corrected chi connectivity index (χ4v) is 1.60. The van der Waals surface area contributed by atoms with Crippen LogP contribution in [0.2, 0.25) is 0 Å². The second kappa shape index (κ2) is 7.07. The minimum atomic E-state index is 0.519. The second-order valence-corrected chi connectivity index (χ2v) is 4.65. The number of ether oxygens (including phenoxy) is 1. The summed E-state index contributed by atoms with van der Waals surface area (Å²) in [5.41, 5.74) is 0. The lowest BCUT2D eigenvalue weighted by Gasteiger charge is -2.13. The summed E-state index contributed by atoms with van der Waals surface area (Å²) in [5.74, 6) is 0.519. The predicted molar refractivity (Wildman–Crippen MR) is 67.7 cm³/mol. The van der Waals surface area contributed by atoms with Crippen molar-refractivity contribution in [3.63, 3.8) is 0 Å². The van der Waals surface area contributed by atoms with Gasteiger partial charge in [0.25, 0.3) is 0 Å². The fraction of sp³-hybridized carbons (Fsp3) is 0.545. The van der Waals surface area contributed by atoms with Crippen LogP contribution in [0.4, 0.5) is 0 Å². The van der Waals surface area contributed by atoms with Gasteiger partial charge in [0.2, 0.25) is 4.38 Å². The summed E-state index contributed by atoms with van der Waals surface area (Å²) < 4.78 is 6.10. The molecule has 0 amide bonds. The topological polar surface area (TPSA) is 9.23 Å². The molecule has 1 nitrogen and oxygen atoms in total. The van der Waals surface area contributed by atoms with Gasteiger partial charge in [-0.05, 0) is 37.7 Å². The molecule has 0 spiro atoms. The highest BCUT2D eigenvalue weighted by molar-refractivity contribution is 8.22. The summed E-state index contributed by atoms with van der Waals surface area (Å²) in [6.07, 6.45) is 14.2. The Kier molecular flexibility index (Phi) is 5.96. The summed E-state index contributed by atoms with van der Waals surface area (Å²) in [7, 11) is 0. The van der Waals surface area contributed by atoms with Gasteiger partial charge in [-0.1, -0.05) is 36.1 Å². The molecular weight excluding hydrogens is 212 g/mol. The van der Waals surface area contributed by atoms with Crippen LogP contribution in [0, 0.1) is 5.92 Å². The van der Waals surface area contributed by atoms with Gasteiger partial charge in [-0.3, -0.25) is 0 Å². The van der Waals surface area contributed by atoms with E-state index in [4.69, 9.17) is 17.0 Å². The van der Waals surface area contributed by atoms with Crippen LogP contribution >= 0.6 is 24.0 Å². The lowest BCUT2D eigenvalue weighted by atomic mass is 10.0. The van der Waals surface area contributed by atoms with E-state index in [0.29, 0.717) is 10.3 Å². The van der Waals surface area contributed by atoms with Crippen molar-refractivity contribution in [2.75, 3.05) is 12.9 Å². The molecule has 78 valence electrons. The third-order valence-corrected chi connectivity index (χ3v) is 3.20. The molecule has 1 unspecified atom stereocenters. The van der Waals surface area contributed by atoms with Crippen LogP contribution in [0.3, 0.4) is 0 Å². The zero-order chi connectivity index (χ0) is 10.2. The molecule has 0 aromatic rings. The van der Waals surface area contributed by atoms with Gasteiger partial charge in [0, 0.05) is 5.92 Å². The molecule has 0 bridgehead atoms. The molecule has 0 radical (unpaired) electrons. The van der Waals surface area contributed by atoms with Crippen LogP contribution in [-0.4, -0.2) is 17.2 Å². The second-order valence-electron chi connectivity index (χ2n) is 3.24. The molecule has 0 aromatic heterocycles. The van der Waals surface area contributed by atoms with E-state index in [2.05, 4.69) is 24.3 Å². The molecule has 1 rings (SSSR count). The standard InChI is InChI=1S/C11H16OS2/c1-14-11(13)12-9-10-7-5-3-2-4-6-8-10/h2-3,6,8,10H,4-5,7,9H2,1H3/b3-2-,8-6-. The van der Waals surface area contributed by atoms with Gasteiger partial charge in [-0.15, -0.1) is 0 Å². The zero-order valence-electron chi connectivity index (χ0n) is 8.44. The van der Waals surface area contributed by atoms with Crippen molar-refractivity contribution in [2.24, 2.45) is 5.92 Å².